The van der Waals surface area contributed by atoms with Gasteiger partial charge in [-0.25, -0.2) is 9.99 Å². The molecule has 3 aromatic carbocycles. The smallest absolute Gasteiger partial charge is 0.312 e. The first-order chi connectivity index (χ1) is 17.6. The van der Waals surface area contributed by atoms with Crippen LogP contribution in [0.2, 0.25) is 0 Å². The largest absolute Gasteiger partial charge is 0.455 e. The molecule has 5 aromatic rings. The molecule has 0 spiro atoms. The molecule has 36 heavy (non-hydrogen) atoms. The van der Waals surface area contributed by atoms with E-state index in [9.17, 15) is 9.59 Å². The number of carbonyl (C=O) groups excluding carboxylic acids is 2. The van der Waals surface area contributed by atoms with Crippen LogP contribution in [0, 0.1) is 0 Å². The Bertz CT molecular complexity index is 1580. The quantitative estimate of drug-likeness (QED) is 0.311. The lowest BCUT2D eigenvalue weighted by Gasteiger charge is -2.21. The topological polar surface area (TPSA) is 76.3 Å². The van der Waals surface area contributed by atoms with Crippen molar-refractivity contribution in [3.05, 3.63) is 107 Å². The molecule has 1 amide bonds. The van der Waals surface area contributed by atoms with Crippen molar-refractivity contribution in [3.63, 3.8) is 0 Å². The van der Waals surface area contributed by atoms with Crippen molar-refractivity contribution < 1.29 is 14.3 Å². The summed E-state index contributed by atoms with van der Waals surface area (Å²) in [5.74, 6) is -0.859. The maximum Gasteiger partial charge on any atom is 0.312 e. The van der Waals surface area contributed by atoms with Gasteiger partial charge in [0.2, 0.25) is 0 Å². The van der Waals surface area contributed by atoms with Gasteiger partial charge in [-0.05, 0) is 28.0 Å². The molecule has 0 radical (unpaired) electrons. The van der Waals surface area contributed by atoms with Gasteiger partial charge >= 0.3 is 5.97 Å². The van der Waals surface area contributed by atoms with E-state index in [0.717, 1.165) is 32.6 Å². The van der Waals surface area contributed by atoms with Crippen LogP contribution >= 0.6 is 11.3 Å². The van der Waals surface area contributed by atoms with Crippen LogP contribution in [0.15, 0.2) is 95.7 Å². The van der Waals surface area contributed by atoms with E-state index in [4.69, 9.17) is 9.84 Å². The number of hydrogen-bond donors (Lipinski definition) is 0. The van der Waals surface area contributed by atoms with Gasteiger partial charge in [-0.2, -0.15) is 5.10 Å². The summed E-state index contributed by atoms with van der Waals surface area (Å²) < 4.78 is 7.19. The molecule has 178 valence electrons. The van der Waals surface area contributed by atoms with E-state index in [1.54, 1.807) is 6.20 Å². The van der Waals surface area contributed by atoms with Crippen molar-refractivity contribution in [2.45, 2.75) is 18.9 Å². The SMILES string of the molecule is O=C(Cc1cn2ccsc2n1)OCC(=O)N1N=C(c2ccc3ccccc3c2)CC1c1ccccc1. The molecule has 0 fully saturated rings. The zero-order valence-corrected chi connectivity index (χ0v) is 20.1. The fourth-order valence-corrected chi connectivity index (χ4v) is 5.21. The number of imidazole rings is 1. The van der Waals surface area contributed by atoms with Crippen molar-refractivity contribution in [2.75, 3.05) is 6.61 Å². The number of hydrogen-bond acceptors (Lipinski definition) is 6. The van der Waals surface area contributed by atoms with Crippen molar-refractivity contribution in [3.8, 4) is 0 Å². The van der Waals surface area contributed by atoms with Crippen LogP contribution < -0.4 is 0 Å². The Balaban J connectivity index is 1.20. The number of hydrazone groups is 1. The number of ether oxygens (including phenoxy) is 1. The molecule has 8 heteroatoms. The normalized spacial score (nSPS) is 15.4. The zero-order valence-electron chi connectivity index (χ0n) is 19.3. The average Bonchev–Trinajstić information content (AvgIpc) is 3.63. The Hall–Kier alpha value is -4.30. The van der Waals surface area contributed by atoms with Crippen LogP contribution in [0.3, 0.4) is 0 Å². The van der Waals surface area contributed by atoms with Gasteiger partial charge in [-0.3, -0.25) is 14.0 Å². The lowest BCUT2D eigenvalue weighted by Crippen LogP contribution is -2.31. The highest BCUT2D eigenvalue weighted by molar-refractivity contribution is 7.15. The van der Waals surface area contributed by atoms with Crippen molar-refractivity contribution in [2.24, 2.45) is 5.10 Å². The molecule has 1 unspecified atom stereocenters. The Labute approximate surface area is 211 Å². The van der Waals surface area contributed by atoms with E-state index >= 15 is 0 Å². The minimum atomic E-state index is -0.497. The molecule has 0 saturated carbocycles. The van der Waals surface area contributed by atoms with Gasteiger partial charge in [-0.15, -0.1) is 11.3 Å². The molecule has 1 aliphatic heterocycles. The molecule has 0 bridgehead atoms. The number of rotatable bonds is 6. The maximum absolute atomic E-state index is 13.2. The zero-order chi connectivity index (χ0) is 24.5. The summed E-state index contributed by atoms with van der Waals surface area (Å²) >= 11 is 1.49. The monoisotopic (exact) mass is 494 g/mol. The number of fused-ring (bicyclic) bond motifs is 2. The number of thiazole rings is 1. The summed E-state index contributed by atoms with van der Waals surface area (Å²) in [6.45, 7) is -0.376. The summed E-state index contributed by atoms with van der Waals surface area (Å²) in [4.78, 5) is 30.8. The molecule has 2 aromatic heterocycles. The number of benzene rings is 3. The van der Waals surface area contributed by atoms with Crippen LogP contribution in [-0.2, 0) is 20.7 Å². The molecule has 3 heterocycles. The molecule has 6 rings (SSSR count). The molecule has 0 N–H and O–H groups in total. The van der Waals surface area contributed by atoms with Crippen LogP contribution in [-0.4, -0.2) is 38.6 Å². The van der Waals surface area contributed by atoms with E-state index in [2.05, 4.69) is 29.2 Å². The number of amides is 1. The molecule has 0 saturated heterocycles. The third-order valence-electron chi connectivity index (χ3n) is 6.26. The molecule has 0 aliphatic carbocycles. The third-order valence-corrected chi connectivity index (χ3v) is 7.03. The predicted octanol–water partition coefficient (Wildman–Crippen LogP) is 5.01. The molecular formula is C28H22N4O3S. The number of aromatic nitrogens is 2. The minimum absolute atomic E-state index is 0.00933. The Morgan fingerprint density at radius 1 is 1.00 bits per heavy atom. The summed E-state index contributed by atoms with van der Waals surface area (Å²) in [5, 5.41) is 10.4. The highest BCUT2D eigenvalue weighted by Crippen LogP contribution is 2.33. The maximum atomic E-state index is 13.2. The third kappa shape index (κ3) is 4.38. The summed E-state index contributed by atoms with van der Waals surface area (Å²) in [6, 6.07) is 23.9. The summed E-state index contributed by atoms with van der Waals surface area (Å²) in [6.07, 6.45) is 4.26. The van der Waals surface area contributed by atoms with Crippen molar-refractivity contribution in [1.82, 2.24) is 14.4 Å². The lowest BCUT2D eigenvalue weighted by atomic mass is 9.97. The lowest BCUT2D eigenvalue weighted by molar-refractivity contribution is -0.152. The van der Waals surface area contributed by atoms with E-state index < -0.39 is 5.97 Å². The number of nitrogens with zero attached hydrogens (tertiary/aromatic N) is 4. The van der Waals surface area contributed by atoms with Crippen LogP contribution in [0.4, 0.5) is 0 Å². The highest BCUT2D eigenvalue weighted by atomic mass is 32.1. The second kappa shape index (κ2) is 9.39. The molecular weight excluding hydrogens is 472 g/mol. The first kappa shape index (κ1) is 22.2. The average molecular weight is 495 g/mol. The van der Waals surface area contributed by atoms with Gasteiger partial charge in [0.15, 0.2) is 11.6 Å². The second-order valence-corrected chi connectivity index (χ2v) is 9.51. The second-order valence-electron chi connectivity index (χ2n) is 8.64. The van der Waals surface area contributed by atoms with Crippen LogP contribution in [0.25, 0.3) is 15.7 Å². The summed E-state index contributed by atoms with van der Waals surface area (Å²) in [5.41, 5.74) is 3.39. The minimum Gasteiger partial charge on any atom is -0.455 e. The van der Waals surface area contributed by atoms with E-state index in [-0.39, 0.29) is 25.0 Å². The van der Waals surface area contributed by atoms with Gasteiger partial charge < -0.3 is 4.74 Å². The van der Waals surface area contributed by atoms with Gasteiger partial charge in [0, 0.05) is 24.2 Å². The molecule has 7 nitrogen and oxygen atoms in total. The van der Waals surface area contributed by atoms with Gasteiger partial charge in [0.1, 0.15) is 0 Å². The molecule has 1 aliphatic rings. The Morgan fingerprint density at radius 3 is 2.64 bits per heavy atom. The Morgan fingerprint density at radius 2 is 1.81 bits per heavy atom. The van der Waals surface area contributed by atoms with Crippen molar-refractivity contribution in [1.29, 1.82) is 0 Å². The van der Waals surface area contributed by atoms with E-state index in [0.29, 0.717) is 12.1 Å². The first-order valence-electron chi connectivity index (χ1n) is 11.6. The van der Waals surface area contributed by atoms with E-state index in [1.165, 1.54) is 16.3 Å². The number of esters is 1. The van der Waals surface area contributed by atoms with Gasteiger partial charge in [0.05, 0.1) is 23.9 Å². The molecule has 1 atom stereocenters. The van der Waals surface area contributed by atoms with E-state index in [1.807, 2.05) is 64.5 Å². The Kier molecular flexibility index (Phi) is 5.79. The fraction of sp³-hybridized carbons (Fsp3) is 0.143. The van der Waals surface area contributed by atoms with Crippen molar-refractivity contribution >= 4 is 44.7 Å². The van der Waals surface area contributed by atoms with Gasteiger partial charge in [-0.1, -0.05) is 66.7 Å². The predicted molar refractivity (Wildman–Crippen MR) is 139 cm³/mol. The first-order valence-corrected chi connectivity index (χ1v) is 12.5. The van der Waals surface area contributed by atoms with Crippen LogP contribution in [0.5, 0.6) is 0 Å². The number of carbonyl (C=O) groups is 2. The fourth-order valence-electron chi connectivity index (χ4n) is 4.49. The summed E-state index contributed by atoms with van der Waals surface area (Å²) in [7, 11) is 0. The standard InChI is InChI=1S/C28H22N4O3S/c33-26(18-35-27(34)15-23-17-31-12-13-36-28(31)29-23)32-25(20-7-2-1-3-8-20)16-24(30-32)22-11-10-19-6-4-5-9-21(19)14-22/h1-14,17,25H,15-16,18H2. The van der Waals surface area contributed by atoms with Crippen LogP contribution in [0.1, 0.15) is 29.3 Å². The highest BCUT2D eigenvalue weighted by Gasteiger charge is 2.33. The van der Waals surface area contributed by atoms with Gasteiger partial charge in [0.25, 0.3) is 5.91 Å².